The van der Waals surface area contributed by atoms with Crippen LogP contribution in [0.2, 0.25) is 0 Å². The number of carbonyl (C=O) groups excluding carboxylic acids is 1. The second-order valence-corrected chi connectivity index (χ2v) is 10.1. The van der Waals surface area contributed by atoms with E-state index in [9.17, 15) is 13.2 Å². The first-order chi connectivity index (χ1) is 13.4. The predicted molar refractivity (Wildman–Crippen MR) is 105 cm³/mol. The van der Waals surface area contributed by atoms with Gasteiger partial charge in [0.05, 0.1) is 25.2 Å². The highest BCUT2D eigenvalue weighted by atomic mass is 32.2. The third kappa shape index (κ3) is 3.94. The van der Waals surface area contributed by atoms with Crippen LogP contribution in [0.3, 0.4) is 0 Å². The minimum Gasteiger partial charge on any atom is -0.497 e. The van der Waals surface area contributed by atoms with E-state index in [0.29, 0.717) is 35.3 Å². The molecule has 2 aromatic rings. The number of methoxy groups -OCH3 is 1. The largest absolute Gasteiger partial charge is 0.497 e. The van der Waals surface area contributed by atoms with Gasteiger partial charge >= 0.3 is 0 Å². The number of furan rings is 1. The van der Waals surface area contributed by atoms with E-state index in [1.807, 2.05) is 12.1 Å². The van der Waals surface area contributed by atoms with Crippen molar-refractivity contribution >= 4 is 15.7 Å². The Morgan fingerprint density at radius 2 is 2.07 bits per heavy atom. The van der Waals surface area contributed by atoms with Crippen LogP contribution in [0.25, 0.3) is 0 Å². The molecule has 150 valence electrons. The average Bonchev–Trinajstić information content (AvgIpc) is 3.06. The number of rotatable bonds is 6. The second kappa shape index (κ2) is 7.28. The Kier molecular flexibility index (Phi) is 4.95. The van der Waals surface area contributed by atoms with Crippen molar-refractivity contribution in [2.75, 3.05) is 18.6 Å². The molecule has 28 heavy (non-hydrogen) atoms. The number of hydrogen-bond acceptors (Lipinski definition) is 5. The van der Waals surface area contributed by atoms with Gasteiger partial charge in [-0.05, 0) is 49.1 Å². The molecule has 1 aliphatic carbocycles. The van der Waals surface area contributed by atoms with Gasteiger partial charge in [0.1, 0.15) is 17.3 Å². The van der Waals surface area contributed by atoms with Gasteiger partial charge in [-0.1, -0.05) is 13.0 Å². The number of hydrogen-bond donors (Lipinski definition) is 0. The Balaban J connectivity index is 1.60. The SMILES string of the molecule is COc1cccc(C(=O)N(Cc2ccc(C3CC3C)o2)C2CCS(=O)(=O)C2)c1. The van der Waals surface area contributed by atoms with Crippen molar-refractivity contribution < 1.29 is 22.4 Å². The molecule has 0 spiro atoms. The Morgan fingerprint density at radius 3 is 2.71 bits per heavy atom. The Bertz CT molecular complexity index is 980. The lowest BCUT2D eigenvalue weighted by atomic mass is 10.1. The van der Waals surface area contributed by atoms with Crippen LogP contribution in [0.5, 0.6) is 5.75 Å². The smallest absolute Gasteiger partial charge is 0.254 e. The quantitative estimate of drug-likeness (QED) is 0.740. The molecule has 7 heteroatoms. The molecule has 2 fully saturated rings. The Labute approximate surface area is 165 Å². The molecule has 1 amide bonds. The topological polar surface area (TPSA) is 76.8 Å². The predicted octanol–water partition coefficient (Wildman–Crippen LogP) is 3.24. The van der Waals surface area contributed by atoms with E-state index < -0.39 is 9.84 Å². The molecule has 1 aliphatic heterocycles. The number of benzene rings is 1. The molecular weight excluding hydrogens is 378 g/mol. The number of amides is 1. The lowest BCUT2D eigenvalue weighted by Gasteiger charge is -2.27. The van der Waals surface area contributed by atoms with E-state index in [-0.39, 0.29) is 30.0 Å². The van der Waals surface area contributed by atoms with Crippen LogP contribution >= 0.6 is 0 Å². The van der Waals surface area contributed by atoms with Gasteiger partial charge in [0.15, 0.2) is 9.84 Å². The Hall–Kier alpha value is -2.28. The van der Waals surface area contributed by atoms with Crippen LogP contribution in [-0.4, -0.2) is 43.9 Å². The number of carbonyl (C=O) groups is 1. The maximum absolute atomic E-state index is 13.3. The first-order valence-corrected chi connectivity index (χ1v) is 11.4. The summed E-state index contributed by atoms with van der Waals surface area (Å²) in [5, 5.41) is 0. The fourth-order valence-electron chi connectivity index (χ4n) is 3.88. The fraction of sp³-hybridized carbons (Fsp3) is 0.476. The summed E-state index contributed by atoms with van der Waals surface area (Å²) in [7, 11) is -1.57. The molecule has 1 aromatic carbocycles. The number of sulfone groups is 1. The molecule has 1 saturated carbocycles. The molecule has 3 unspecified atom stereocenters. The zero-order chi connectivity index (χ0) is 19.9. The van der Waals surface area contributed by atoms with Gasteiger partial charge in [-0.15, -0.1) is 0 Å². The lowest BCUT2D eigenvalue weighted by Crippen LogP contribution is -2.40. The summed E-state index contributed by atoms with van der Waals surface area (Å²) in [5.41, 5.74) is 0.478. The van der Waals surface area contributed by atoms with Gasteiger partial charge in [-0.3, -0.25) is 4.79 Å². The van der Waals surface area contributed by atoms with Crippen molar-refractivity contribution in [3.05, 3.63) is 53.5 Å². The maximum atomic E-state index is 13.3. The normalized spacial score (nSPS) is 25.4. The Morgan fingerprint density at radius 1 is 1.29 bits per heavy atom. The molecule has 1 aromatic heterocycles. The van der Waals surface area contributed by atoms with Crippen LogP contribution in [0.15, 0.2) is 40.8 Å². The minimum absolute atomic E-state index is 0.00403. The van der Waals surface area contributed by atoms with Gasteiger partial charge in [0.2, 0.25) is 0 Å². The average molecular weight is 404 g/mol. The minimum atomic E-state index is -3.12. The fourth-order valence-corrected chi connectivity index (χ4v) is 5.61. The molecule has 6 nitrogen and oxygen atoms in total. The van der Waals surface area contributed by atoms with E-state index >= 15 is 0 Å². The summed E-state index contributed by atoms with van der Waals surface area (Å²) in [5.74, 6) is 3.23. The summed E-state index contributed by atoms with van der Waals surface area (Å²) in [6.45, 7) is 2.45. The van der Waals surface area contributed by atoms with Crippen molar-refractivity contribution in [1.82, 2.24) is 4.90 Å². The highest BCUT2D eigenvalue weighted by molar-refractivity contribution is 7.91. The van der Waals surface area contributed by atoms with Crippen LogP contribution < -0.4 is 4.74 Å². The van der Waals surface area contributed by atoms with E-state index in [0.717, 1.165) is 12.2 Å². The highest BCUT2D eigenvalue weighted by Crippen LogP contribution is 2.47. The lowest BCUT2D eigenvalue weighted by molar-refractivity contribution is 0.0665. The van der Waals surface area contributed by atoms with E-state index in [1.165, 1.54) is 0 Å². The van der Waals surface area contributed by atoms with Crippen molar-refractivity contribution in [3.63, 3.8) is 0 Å². The van der Waals surface area contributed by atoms with Gasteiger partial charge < -0.3 is 14.1 Å². The van der Waals surface area contributed by atoms with E-state index in [1.54, 1.807) is 36.3 Å². The summed E-state index contributed by atoms with van der Waals surface area (Å²) < 4.78 is 35.2. The van der Waals surface area contributed by atoms with Crippen LogP contribution in [0, 0.1) is 5.92 Å². The van der Waals surface area contributed by atoms with Crippen molar-refractivity contribution in [2.45, 2.75) is 38.3 Å². The van der Waals surface area contributed by atoms with Crippen LogP contribution in [-0.2, 0) is 16.4 Å². The molecule has 0 N–H and O–H groups in total. The van der Waals surface area contributed by atoms with E-state index in [4.69, 9.17) is 9.15 Å². The van der Waals surface area contributed by atoms with Gasteiger partial charge in [0, 0.05) is 17.5 Å². The zero-order valence-electron chi connectivity index (χ0n) is 16.1. The molecule has 2 heterocycles. The van der Waals surface area contributed by atoms with Crippen molar-refractivity contribution in [1.29, 1.82) is 0 Å². The van der Waals surface area contributed by atoms with Crippen LogP contribution in [0.4, 0.5) is 0 Å². The third-order valence-corrected chi connectivity index (χ3v) is 7.46. The summed E-state index contributed by atoms with van der Waals surface area (Å²) >= 11 is 0. The van der Waals surface area contributed by atoms with Crippen molar-refractivity contribution in [2.24, 2.45) is 5.92 Å². The molecule has 0 radical (unpaired) electrons. The first kappa shape index (κ1) is 19.1. The standard InChI is InChI=1S/C21H25NO5S/c1-14-10-19(14)20-7-6-18(27-20)12-22(16-8-9-28(24,25)13-16)21(23)15-4-3-5-17(11-15)26-2/h3-7,11,14,16,19H,8-10,12-13H2,1-2H3. The molecule has 2 aliphatic rings. The van der Waals surface area contributed by atoms with Gasteiger partial charge in [-0.2, -0.15) is 0 Å². The van der Waals surface area contributed by atoms with Crippen LogP contribution in [0.1, 0.15) is 47.6 Å². The number of nitrogens with zero attached hydrogens (tertiary/aromatic N) is 1. The summed E-state index contributed by atoms with van der Waals surface area (Å²) in [6.07, 6.45) is 1.57. The second-order valence-electron chi connectivity index (χ2n) is 7.85. The molecule has 1 saturated heterocycles. The monoisotopic (exact) mass is 403 g/mol. The maximum Gasteiger partial charge on any atom is 0.254 e. The molecule has 4 rings (SSSR count). The van der Waals surface area contributed by atoms with Crippen molar-refractivity contribution in [3.8, 4) is 5.75 Å². The molecular formula is C21H25NO5S. The highest BCUT2D eigenvalue weighted by Gasteiger charge is 2.38. The molecule has 3 atom stereocenters. The third-order valence-electron chi connectivity index (χ3n) is 5.71. The summed E-state index contributed by atoms with van der Waals surface area (Å²) in [6, 6.07) is 10.5. The molecule has 0 bridgehead atoms. The first-order valence-electron chi connectivity index (χ1n) is 9.60. The number of ether oxygens (including phenoxy) is 1. The van der Waals surface area contributed by atoms with Gasteiger partial charge in [-0.25, -0.2) is 8.42 Å². The van der Waals surface area contributed by atoms with Gasteiger partial charge in [0.25, 0.3) is 5.91 Å². The zero-order valence-corrected chi connectivity index (χ0v) is 16.9. The summed E-state index contributed by atoms with van der Waals surface area (Å²) in [4.78, 5) is 14.9. The van der Waals surface area contributed by atoms with E-state index in [2.05, 4.69) is 6.92 Å².